The normalized spacial score (nSPS) is 19.5. The Balaban J connectivity index is 0.00000166. The van der Waals surface area contributed by atoms with Gasteiger partial charge in [-0.2, -0.15) is 0 Å². The van der Waals surface area contributed by atoms with Gasteiger partial charge in [-0.1, -0.05) is 20.8 Å². The molecule has 2 N–H and O–H groups in total. The number of nitrogens with one attached hydrogen (secondary N) is 2. The van der Waals surface area contributed by atoms with E-state index in [0.29, 0.717) is 18.2 Å². The number of likely N-dealkylation sites (tertiary alicyclic amines) is 2. The van der Waals surface area contributed by atoms with Crippen LogP contribution in [0.3, 0.4) is 0 Å². The van der Waals surface area contributed by atoms with Crippen LogP contribution >= 0.6 is 0 Å². The molecule has 7 nitrogen and oxygen atoms in total. The van der Waals surface area contributed by atoms with Gasteiger partial charge < -0.3 is 15.1 Å². The van der Waals surface area contributed by atoms with Crippen LogP contribution in [0.15, 0.2) is 24.3 Å². The van der Waals surface area contributed by atoms with E-state index >= 15 is 0 Å². The van der Waals surface area contributed by atoms with E-state index < -0.39 is 10.0 Å². The van der Waals surface area contributed by atoms with Crippen molar-refractivity contribution in [3.63, 3.8) is 0 Å². The number of carbonyl (C=O) groups is 1. The van der Waals surface area contributed by atoms with Gasteiger partial charge >= 0.3 is 0 Å². The minimum absolute atomic E-state index is 0.107. The monoisotopic (exact) mass is 452 g/mol. The summed E-state index contributed by atoms with van der Waals surface area (Å²) in [5, 5.41) is 3.19. The third-order valence-corrected chi connectivity index (χ3v) is 7.18. The zero-order chi connectivity index (χ0) is 22.7. The van der Waals surface area contributed by atoms with E-state index in [1.165, 1.54) is 19.3 Å². The molecular weight excluding hydrogens is 412 g/mol. The highest BCUT2D eigenvalue weighted by Gasteiger charge is 2.28. The minimum Gasteiger partial charge on any atom is -0.376 e. The number of anilines is 2. The summed E-state index contributed by atoms with van der Waals surface area (Å²) in [7, 11) is -3.29. The van der Waals surface area contributed by atoms with Gasteiger partial charge in [-0.15, -0.1) is 0 Å². The lowest BCUT2D eigenvalue weighted by Crippen LogP contribution is -2.50. The van der Waals surface area contributed by atoms with Gasteiger partial charge in [-0.05, 0) is 75.9 Å². The average Bonchev–Trinajstić information content (AvgIpc) is 3.27. The molecule has 1 atom stereocenters. The molecule has 2 saturated heterocycles. The van der Waals surface area contributed by atoms with Gasteiger partial charge in [-0.3, -0.25) is 9.52 Å². The molecule has 0 spiro atoms. The Labute approximate surface area is 188 Å². The Morgan fingerprint density at radius 3 is 2.26 bits per heavy atom. The number of sulfonamides is 1. The maximum atomic E-state index is 12.8. The van der Waals surface area contributed by atoms with Crippen molar-refractivity contribution in [1.82, 2.24) is 9.80 Å². The summed E-state index contributed by atoms with van der Waals surface area (Å²) in [6.07, 6.45) is 6.49. The molecule has 176 valence electrons. The van der Waals surface area contributed by atoms with Crippen LogP contribution in [0.5, 0.6) is 0 Å². The first kappa shape index (κ1) is 25.5. The minimum atomic E-state index is -3.29. The van der Waals surface area contributed by atoms with Crippen LogP contribution in [0.25, 0.3) is 0 Å². The second-order valence-electron chi connectivity index (χ2n) is 8.10. The summed E-state index contributed by atoms with van der Waals surface area (Å²) in [5.41, 5.74) is 1.35. The Kier molecular flexibility index (Phi) is 10.6. The number of carbonyl (C=O) groups excluding carboxylic acids is 1. The van der Waals surface area contributed by atoms with Crippen LogP contribution in [0.4, 0.5) is 11.4 Å². The lowest BCUT2D eigenvalue weighted by atomic mass is 10.0. The van der Waals surface area contributed by atoms with Gasteiger partial charge in [0.2, 0.25) is 15.9 Å². The Bertz CT molecular complexity index is 762. The Morgan fingerprint density at radius 1 is 1.00 bits per heavy atom. The molecule has 3 rings (SSSR count). The summed E-state index contributed by atoms with van der Waals surface area (Å²) in [4.78, 5) is 17.4. The van der Waals surface area contributed by atoms with Crippen molar-refractivity contribution in [3.05, 3.63) is 24.3 Å². The summed E-state index contributed by atoms with van der Waals surface area (Å²) in [6, 6.07) is 7.37. The van der Waals surface area contributed by atoms with Gasteiger partial charge in [-0.25, -0.2) is 8.42 Å². The van der Waals surface area contributed by atoms with Gasteiger partial charge in [0.15, 0.2) is 0 Å². The van der Waals surface area contributed by atoms with E-state index in [4.69, 9.17) is 0 Å². The van der Waals surface area contributed by atoms with Crippen LogP contribution in [0.1, 0.15) is 59.3 Å². The van der Waals surface area contributed by atoms with Crippen molar-refractivity contribution in [1.29, 1.82) is 0 Å². The smallest absolute Gasteiger partial charge is 0.242 e. The first-order valence-corrected chi connectivity index (χ1v) is 13.5. The first-order valence-electron chi connectivity index (χ1n) is 11.8. The van der Waals surface area contributed by atoms with E-state index in [-0.39, 0.29) is 18.2 Å². The van der Waals surface area contributed by atoms with Gasteiger partial charge in [0.05, 0.1) is 12.3 Å². The fraction of sp³-hybridized carbons (Fsp3) is 0.696. The molecule has 0 saturated carbocycles. The van der Waals surface area contributed by atoms with Crippen molar-refractivity contribution in [3.8, 4) is 0 Å². The van der Waals surface area contributed by atoms with Crippen molar-refractivity contribution in [2.24, 2.45) is 0 Å². The topological polar surface area (TPSA) is 81.8 Å². The molecule has 0 bridgehead atoms. The molecule has 0 radical (unpaired) electrons. The van der Waals surface area contributed by atoms with E-state index in [0.717, 1.165) is 44.7 Å². The largest absolute Gasteiger partial charge is 0.376 e. The maximum Gasteiger partial charge on any atom is 0.242 e. The fourth-order valence-corrected chi connectivity index (χ4v) is 5.35. The van der Waals surface area contributed by atoms with Gasteiger partial charge in [0.25, 0.3) is 0 Å². The van der Waals surface area contributed by atoms with Crippen molar-refractivity contribution < 1.29 is 13.2 Å². The second-order valence-corrected chi connectivity index (χ2v) is 9.94. The number of hydrogen-bond donors (Lipinski definition) is 2. The molecule has 1 amide bonds. The standard InChI is InChI=1S/C21H34N4O3S.C2H6/c1-2-15-29(27,28)23-19-10-8-18(9-11-19)22-16-21(26)25-14-4-3-7-20(25)17-24-12-5-6-13-24;1-2/h8-11,20,22-23H,2-7,12-17H2,1H3;1-2H3. The van der Waals surface area contributed by atoms with Crippen LogP contribution in [-0.2, 0) is 14.8 Å². The third kappa shape index (κ3) is 8.33. The molecule has 2 heterocycles. The lowest BCUT2D eigenvalue weighted by Gasteiger charge is -2.38. The van der Waals surface area contributed by atoms with Crippen LogP contribution in [0.2, 0.25) is 0 Å². The summed E-state index contributed by atoms with van der Waals surface area (Å²) >= 11 is 0. The van der Waals surface area contributed by atoms with Crippen LogP contribution < -0.4 is 10.0 Å². The van der Waals surface area contributed by atoms with Gasteiger partial charge in [0, 0.05) is 30.5 Å². The Hall–Kier alpha value is -1.80. The molecule has 1 aromatic rings. The second kappa shape index (κ2) is 12.9. The zero-order valence-electron chi connectivity index (χ0n) is 19.4. The molecule has 0 aromatic heterocycles. The number of nitrogens with zero attached hydrogens (tertiary/aromatic N) is 2. The van der Waals surface area contributed by atoms with E-state index in [1.807, 2.05) is 20.8 Å². The number of piperidine rings is 1. The molecule has 1 aromatic carbocycles. The van der Waals surface area contributed by atoms with Crippen molar-refractivity contribution in [2.75, 3.05) is 48.5 Å². The van der Waals surface area contributed by atoms with E-state index in [9.17, 15) is 13.2 Å². The first-order chi connectivity index (χ1) is 15.0. The average molecular weight is 453 g/mol. The van der Waals surface area contributed by atoms with Gasteiger partial charge in [0.1, 0.15) is 0 Å². The number of amides is 1. The summed E-state index contributed by atoms with van der Waals surface area (Å²) < 4.78 is 26.3. The quantitative estimate of drug-likeness (QED) is 0.596. The SMILES string of the molecule is CC.CCCS(=O)(=O)Nc1ccc(NCC(=O)N2CCCCC2CN2CCCC2)cc1. The highest BCUT2D eigenvalue weighted by atomic mass is 32.2. The molecule has 2 fully saturated rings. The molecular formula is C23H40N4O3S. The van der Waals surface area contributed by atoms with Crippen molar-refractivity contribution in [2.45, 2.75) is 65.3 Å². The molecule has 2 aliphatic heterocycles. The van der Waals surface area contributed by atoms with E-state index in [1.54, 1.807) is 24.3 Å². The molecule has 1 unspecified atom stereocenters. The van der Waals surface area contributed by atoms with Crippen molar-refractivity contribution >= 4 is 27.3 Å². The number of benzene rings is 1. The Morgan fingerprint density at radius 2 is 1.61 bits per heavy atom. The molecule has 2 aliphatic rings. The maximum absolute atomic E-state index is 12.8. The van der Waals surface area contributed by atoms with Crippen LogP contribution in [-0.4, -0.2) is 68.6 Å². The lowest BCUT2D eigenvalue weighted by molar-refractivity contribution is -0.133. The molecule has 0 aliphatic carbocycles. The number of hydrogen-bond acceptors (Lipinski definition) is 5. The molecule has 8 heteroatoms. The number of rotatable bonds is 9. The highest BCUT2D eigenvalue weighted by Crippen LogP contribution is 2.21. The fourth-order valence-electron chi connectivity index (χ4n) is 4.22. The predicted octanol–water partition coefficient (Wildman–Crippen LogP) is 3.75. The van der Waals surface area contributed by atoms with Crippen LogP contribution in [0, 0.1) is 0 Å². The third-order valence-electron chi connectivity index (χ3n) is 5.69. The predicted molar refractivity (Wildman–Crippen MR) is 129 cm³/mol. The zero-order valence-corrected chi connectivity index (χ0v) is 20.2. The highest BCUT2D eigenvalue weighted by molar-refractivity contribution is 7.92. The molecule has 31 heavy (non-hydrogen) atoms. The van der Waals surface area contributed by atoms with E-state index in [2.05, 4.69) is 19.8 Å². The summed E-state index contributed by atoms with van der Waals surface area (Å²) in [6.45, 7) is 10.3. The summed E-state index contributed by atoms with van der Waals surface area (Å²) in [5.74, 6) is 0.247.